The lowest BCUT2D eigenvalue weighted by Gasteiger charge is -2.37. The number of aliphatic hydroxyl groups is 1. The first-order valence-corrected chi connectivity index (χ1v) is 9.19. The Balaban J connectivity index is 2.60. The zero-order chi connectivity index (χ0) is 18.6. The van der Waals surface area contributed by atoms with E-state index >= 15 is 0 Å². The van der Waals surface area contributed by atoms with E-state index in [4.69, 9.17) is 4.74 Å². The highest BCUT2D eigenvalue weighted by Crippen LogP contribution is 2.32. The van der Waals surface area contributed by atoms with Crippen molar-refractivity contribution in [3.05, 3.63) is 11.6 Å². The molecule has 7 atom stereocenters. The van der Waals surface area contributed by atoms with Crippen molar-refractivity contribution in [3.8, 4) is 0 Å². The van der Waals surface area contributed by atoms with Crippen LogP contribution < -0.4 is 0 Å². The van der Waals surface area contributed by atoms with E-state index in [1.54, 1.807) is 0 Å². The Morgan fingerprint density at radius 1 is 1.29 bits per heavy atom. The molecule has 1 aliphatic rings. The molecular formula is C20H34O4. The average Bonchev–Trinajstić information content (AvgIpc) is 2.55. The van der Waals surface area contributed by atoms with Crippen LogP contribution in [0, 0.1) is 29.6 Å². The van der Waals surface area contributed by atoms with Crippen LogP contribution in [0.25, 0.3) is 0 Å². The van der Waals surface area contributed by atoms with Gasteiger partial charge in [-0.05, 0) is 32.1 Å². The zero-order valence-corrected chi connectivity index (χ0v) is 16.2. The Bertz CT molecular complexity index is 482. The number of hydrogen-bond donors (Lipinski definition) is 1. The second kappa shape index (κ2) is 8.80. The molecule has 1 aliphatic heterocycles. The number of allylic oxidation sites excluding steroid dienone is 2. The topological polar surface area (TPSA) is 63.6 Å². The van der Waals surface area contributed by atoms with Crippen LogP contribution >= 0.6 is 0 Å². The van der Waals surface area contributed by atoms with E-state index in [-0.39, 0.29) is 47.4 Å². The van der Waals surface area contributed by atoms with E-state index in [1.807, 2.05) is 47.6 Å². The normalized spacial score (nSPS) is 27.5. The van der Waals surface area contributed by atoms with Crippen LogP contribution in [0.1, 0.15) is 61.3 Å². The summed E-state index contributed by atoms with van der Waals surface area (Å²) in [5, 5.41) is 10.3. The molecule has 1 rings (SSSR count). The average molecular weight is 338 g/mol. The van der Waals surface area contributed by atoms with Crippen molar-refractivity contribution >= 4 is 11.8 Å². The van der Waals surface area contributed by atoms with Gasteiger partial charge in [0.15, 0.2) is 0 Å². The molecule has 1 heterocycles. The molecule has 0 aromatic heterocycles. The van der Waals surface area contributed by atoms with Crippen LogP contribution in [0.5, 0.6) is 0 Å². The van der Waals surface area contributed by atoms with Crippen LogP contribution in [0.3, 0.4) is 0 Å². The maximum Gasteiger partial charge on any atom is 0.312 e. The van der Waals surface area contributed by atoms with E-state index in [2.05, 4.69) is 6.92 Å². The molecule has 0 aliphatic carbocycles. The molecule has 1 saturated heterocycles. The minimum absolute atomic E-state index is 0.0157. The Labute approximate surface area is 146 Å². The number of ketones is 1. The van der Waals surface area contributed by atoms with Crippen LogP contribution in [-0.4, -0.2) is 29.1 Å². The van der Waals surface area contributed by atoms with Gasteiger partial charge in [-0.1, -0.05) is 52.7 Å². The van der Waals surface area contributed by atoms with Crippen molar-refractivity contribution in [2.45, 2.75) is 73.5 Å². The molecule has 0 aromatic rings. The number of carbonyl (C=O) groups is 2. The van der Waals surface area contributed by atoms with E-state index in [9.17, 15) is 14.7 Å². The molecule has 0 amide bonds. The predicted molar refractivity (Wildman–Crippen MR) is 95.4 cm³/mol. The third kappa shape index (κ3) is 4.92. The van der Waals surface area contributed by atoms with Crippen molar-refractivity contribution < 1.29 is 19.4 Å². The molecule has 1 N–H and O–H groups in total. The quantitative estimate of drug-likeness (QED) is 0.513. The molecule has 24 heavy (non-hydrogen) atoms. The van der Waals surface area contributed by atoms with Gasteiger partial charge in [-0.15, -0.1) is 0 Å². The fraction of sp³-hybridized carbons (Fsp3) is 0.800. The summed E-state index contributed by atoms with van der Waals surface area (Å²) in [6.07, 6.45) is 3.05. The molecular weight excluding hydrogens is 304 g/mol. The van der Waals surface area contributed by atoms with Gasteiger partial charge in [0.05, 0.1) is 12.0 Å². The minimum atomic E-state index is -0.590. The SMILES string of the molecule is CC[C@H](C)[C@H](O)[C@@H](C)C(=O)[C@@H](C)/C=C(\C)C[C@@H](C)[C@H]1OC(=O)[C@H]1C. The van der Waals surface area contributed by atoms with Crippen LogP contribution in [0.4, 0.5) is 0 Å². The Kier molecular flexibility index (Phi) is 7.65. The molecule has 0 bridgehead atoms. The summed E-state index contributed by atoms with van der Waals surface area (Å²) < 4.78 is 5.21. The molecule has 0 aromatic carbocycles. The van der Waals surface area contributed by atoms with Gasteiger partial charge in [0.1, 0.15) is 11.9 Å². The van der Waals surface area contributed by atoms with Gasteiger partial charge in [0, 0.05) is 11.8 Å². The third-order valence-corrected chi connectivity index (χ3v) is 5.49. The first-order chi connectivity index (χ1) is 11.1. The summed E-state index contributed by atoms with van der Waals surface area (Å²) in [5.41, 5.74) is 1.13. The number of ether oxygens (including phenoxy) is 1. The lowest BCUT2D eigenvalue weighted by molar-refractivity contribution is -0.188. The fourth-order valence-electron chi connectivity index (χ4n) is 3.53. The summed E-state index contributed by atoms with van der Waals surface area (Å²) in [4.78, 5) is 23.8. The van der Waals surface area contributed by atoms with Gasteiger partial charge in [0.25, 0.3) is 0 Å². The van der Waals surface area contributed by atoms with Crippen LogP contribution in [-0.2, 0) is 14.3 Å². The molecule has 4 nitrogen and oxygen atoms in total. The first-order valence-electron chi connectivity index (χ1n) is 9.19. The summed E-state index contributed by atoms with van der Waals surface area (Å²) >= 11 is 0. The Hall–Kier alpha value is -1.16. The second-order valence-corrected chi connectivity index (χ2v) is 7.74. The summed E-state index contributed by atoms with van der Waals surface area (Å²) in [5.74, 6) is -0.271. The monoisotopic (exact) mass is 338 g/mol. The van der Waals surface area contributed by atoms with E-state index in [1.165, 1.54) is 0 Å². The van der Waals surface area contributed by atoms with Gasteiger partial charge in [-0.25, -0.2) is 0 Å². The first kappa shape index (κ1) is 20.9. The van der Waals surface area contributed by atoms with Gasteiger partial charge in [-0.3, -0.25) is 9.59 Å². The highest BCUT2D eigenvalue weighted by molar-refractivity contribution is 5.85. The van der Waals surface area contributed by atoms with Gasteiger partial charge in [0.2, 0.25) is 0 Å². The highest BCUT2D eigenvalue weighted by atomic mass is 16.6. The standard InChI is InChI=1S/C20H34O4/c1-8-12(3)17(21)15(6)18(22)13(4)9-11(2)10-14(5)19-16(7)20(23)24-19/h9,12-17,19,21H,8,10H2,1-7H3/b11-9+/t12-,13-,14+,15+,16-,17-,19+/m0/s1. The number of cyclic esters (lactones) is 1. The number of hydrogen-bond acceptors (Lipinski definition) is 4. The number of esters is 1. The third-order valence-electron chi connectivity index (χ3n) is 5.49. The van der Waals surface area contributed by atoms with Gasteiger partial charge < -0.3 is 9.84 Å². The van der Waals surface area contributed by atoms with Crippen molar-refractivity contribution in [1.82, 2.24) is 0 Å². The molecule has 4 heteroatoms. The van der Waals surface area contributed by atoms with E-state index < -0.39 is 6.10 Å². The number of carbonyl (C=O) groups excluding carboxylic acids is 2. The summed E-state index contributed by atoms with van der Waals surface area (Å²) in [6, 6.07) is 0. The van der Waals surface area contributed by atoms with Gasteiger partial charge >= 0.3 is 5.97 Å². The van der Waals surface area contributed by atoms with Crippen molar-refractivity contribution in [2.75, 3.05) is 0 Å². The number of Topliss-reactive ketones (excluding diaryl/α,β-unsaturated/α-hetero) is 1. The predicted octanol–water partition coefficient (Wildman–Crippen LogP) is 3.77. The van der Waals surface area contributed by atoms with Crippen molar-refractivity contribution in [3.63, 3.8) is 0 Å². The largest absolute Gasteiger partial charge is 0.461 e. The fourth-order valence-corrected chi connectivity index (χ4v) is 3.53. The van der Waals surface area contributed by atoms with Crippen LogP contribution in [0.15, 0.2) is 11.6 Å². The molecule has 0 spiro atoms. The molecule has 0 radical (unpaired) electrons. The van der Waals surface area contributed by atoms with E-state index in [0.717, 1.165) is 18.4 Å². The zero-order valence-electron chi connectivity index (χ0n) is 16.2. The molecule has 0 saturated carbocycles. The lowest BCUT2D eigenvalue weighted by atomic mass is 9.82. The van der Waals surface area contributed by atoms with Crippen LogP contribution in [0.2, 0.25) is 0 Å². The van der Waals surface area contributed by atoms with E-state index in [0.29, 0.717) is 0 Å². The van der Waals surface area contributed by atoms with Gasteiger partial charge in [-0.2, -0.15) is 0 Å². The molecule has 0 unspecified atom stereocenters. The maximum absolute atomic E-state index is 12.5. The molecule has 1 fully saturated rings. The summed E-state index contributed by atoms with van der Waals surface area (Å²) in [6.45, 7) is 13.7. The van der Waals surface area contributed by atoms with Crippen molar-refractivity contribution in [2.24, 2.45) is 29.6 Å². The minimum Gasteiger partial charge on any atom is -0.461 e. The maximum atomic E-state index is 12.5. The Morgan fingerprint density at radius 2 is 1.88 bits per heavy atom. The van der Waals surface area contributed by atoms with Crippen molar-refractivity contribution in [1.29, 1.82) is 0 Å². The number of aliphatic hydroxyl groups excluding tert-OH is 1. The molecule has 138 valence electrons. The second-order valence-electron chi connectivity index (χ2n) is 7.74. The Morgan fingerprint density at radius 3 is 2.33 bits per heavy atom. The number of rotatable bonds is 9. The smallest absolute Gasteiger partial charge is 0.312 e. The lowest BCUT2D eigenvalue weighted by Crippen LogP contribution is -2.47. The highest BCUT2D eigenvalue weighted by Gasteiger charge is 2.41. The summed E-state index contributed by atoms with van der Waals surface area (Å²) in [7, 11) is 0.